The number of anilines is 1. The maximum Gasteiger partial charge on any atom is 0.251 e. The molecule has 5 nitrogen and oxygen atoms in total. The zero-order valence-corrected chi connectivity index (χ0v) is 12.7. The van der Waals surface area contributed by atoms with Crippen molar-refractivity contribution in [2.75, 3.05) is 5.73 Å². The Kier molecular flexibility index (Phi) is 4.06. The molecule has 0 unspecified atom stereocenters. The second-order valence-corrected chi connectivity index (χ2v) is 5.29. The Balaban J connectivity index is 2.17. The van der Waals surface area contributed by atoms with Crippen LogP contribution in [0.25, 0.3) is 11.3 Å². The van der Waals surface area contributed by atoms with Crippen molar-refractivity contribution in [2.45, 2.75) is 0 Å². The molecule has 0 spiro atoms. The molecule has 0 aliphatic heterocycles. The number of para-hydroxylation sites is 1. The Hall–Kier alpha value is -3.48. The molecule has 3 N–H and O–H groups in total. The molecule has 0 amide bonds. The molecule has 3 aromatic rings. The van der Waals surface area contributed by atoms with Gasteiger partial charge in [0.25, 0.3) is 5.69 Å². The van der Waals surface area contributed by atoms with E-state index in [0.717, 1.165) is 24.4 Å². The standard InChI is InChI=1S/C18H12F2N2O3/c19-10-5-6-11(14(20)9-10)18(24)13-7-8-22(25)17(16(13)21)12-3-1-2-4-15(12)23/h1-9,23H,21H2. The van der Waals surface area contributed by atoms with Crippen molar-refractivity contribution in [3.05, 3.63) is 82.7 Å². The molecule has 0 saturated heterocycles. The summed E-state index contributed by atoms with van der Waals surface area (Å²) in [4.78, 5) is 12.6. The number of hydrogen-bond donors (Lipinski definition) is 2. The summed E-state index contributed by atoms with van der Waals surface area (Å²) in [6, 6.07) is 9.67. The highest BCUT2D eigenvalue weighted by Gasteiger charge is 2.25. The lowest BCUT2D eigenvalue weighted by molar-refractivity contribution is -0.593. The van der Waals surface area contributed by atoms with Crippen LogP contribution in [-0.2, 0) is 0 Å². The van der Waals surface area contributed by atoms with Gasteiger partial charge in [-0.2, -0.15) is 4.73 Å². The fourth-order valence-electron chi connectivity index (χ4n) is 2.51. The van der Waals surface area contributed by atoms with Crippen molar-refractivity contribution < 1.29 is 23.4 Å². The van der Waals surface area contributed by atoms with Crippen LogP contribution in [0, 0.1) is 16.8 Å². The van der Waals surface area contributed by atoms with Gasteiger partial charge in [0, 0.05) is 12.1 Å². The summed E-state index contributed by atoms with van der Waals surface area (Å²) >= 11 is 0. The normalized spacial score (nSPS) is 10.6. The van der Waals surface area contributed by atoms with Crippen LogP contribution in [0.4, 0.5) is 14.5 Å². The highest BCUT2D eigenvalue weighted by molar-refractivity contribution is 6.13. The first-order valence-electron chi connectivity index (χ1n) is 7.20. The summed E-state index contributed by atoms with van der Waals surface area (Å²) in [5.41, 5.74) is 5.23. The number of rotatable bonds is 3. The van der Waals surface area contributed by atoms with E-state index in [1.165, 1.54) is 12.1 Å². The lowest BCUT2D eigenvalue weighted by atomic mass is 9.98. The number of nitrogen functional groups attached to an aromatic ring is 1. The fraction of sp³-hybridized carbons (Fsp3) is 0. The van der Waals surface area contributed by atoms with Crippen LogP contribution in [0.3, 0.4) is 0 Å². The first kappa shape index (κ1) is 16.4. The van der Waals surface area contributed by atoms with Crippen LogP contribution in [0.1, 0.15) is 15.9 Å². The number of carbonyl (C=O) groups is 1. The molecule has 0 fully saturated rings. The van der Waals surface area contributed by atoms with E-state index < -0.39 is 17.4 Å². The summed E-state index contributed by atoms with van der Waals surface area (Å²) < 4.78 is 27.3. The molecule has 0 aliphatic rings. The smallest absolute Gasteiger partial charge is 0.251 e. The summed E-state index contributed by atoms with van der Waals surface area (Å²) in [5.74, 6) is -2.85. The number of nitrogens with two attached hydrogens (primary N) is 1. The largest absolute Gasteiger partial charge is 0.618 e. The molecule has 2 aromatic carbocycles. The van der Waals surface area contributed by atoms with Crippen LogP contribution in [0.2, 0.25) is 0 Å². The maximum atomic E-state index is 13.9. The van der Waals surface area contributed by atoms with Gasteiger partial charge in [-0.05, 0) is 24.3 Å². The third kappa shape index (κ3) is 2.87. The second-order valence-electron chi connectivity index (χ2n) is 5.29. The topological polar surface area (TPSA) is 90.3 Å². The van der Waals surface area contributed by atoms with Crippen LogP contribution in [0.5, 0.6) is 5.75 Å². The third-order valence-electron chi connectivity index (χ3n) is 3.72. The number of aromatic nitrogens is 1. The van der Waals surface area contributed by atoms with Gasteiger partial charge in [0.1, 0.15) is 23.1 Å². The fourth-order valence-corrected chi connectivity index (χ4v) is 2.51. The van der Waals surface area contributed by atoms with Gasteiger partial charge in [-0.1, -0.05) is 12.1 Å². The molecule has 0 saturated carbocycles. The van der Waals surface area contributed by atoms with E-state index in [1.54, 1.807) is 12.1 Å². The Morgan fingerprint density at radius 3 is 2.48 bits per heavy atom. The number of carbonyl (C=O) groups excluding carboxylic acids is 1. The SMILES string of the molecule is Nc1c(C(=O)c2ccc(F)cc2F)cc[n+]([O-])c1-c1ccccc1O. The molecule has 1 aromatic heterocycles. The van der Waals surface area contributed by atoms with E-state index in [1.807, 2.05) is 0 Å². The van der Waals surface area contributed by atoms with Gasteiger partial charge < -0.3 is 16.0 Å². The average molecular weight is 342 g/mol. The van der Waals surface area contributed by atoms with Crippen molar-refractivity contribution in [1.82, 2.24) is 0 Å². The van der Waals surface area contributed by atoms with Crippen LogP contribution in [-0.4, -0.2) is 10.9 Å². The van der Waals surface area contributed by atoms with E-state index in [-0.39, 0.29) is 33.8 Å². The molecule has 0 radical (unpaired) electrons. The minimum absolute atomic E-state index is 0.129. The summed E-state index contributed by atoms with van der Waals surface area (Å²) in [6.45, 7) is 0. The molecule has 0 atom stereocenters. The lowest BCUT2D eigenvalue weighted by Gasteiger charge is -2.12. The van der Waals surface area contributed by atoms with Gasteiger partial charge in [0.2, 0.25) is 0 Å². The number of ketones is 1. The molecule has 7 heteroatoms. The van der Waals surface area contributed by atoms with Crippen LogP contribution < -0.4 is 10.5 Å². The molecule has 1 heterocycles. The highest BCUT2D eigenvalue weighted by Crippen LogP contribution is 2.32. The number of phenolic OH excluding ortho intramolecular Hbond substituents is 1. The molecule has 0 aliphatic carbocycles. The van der Waals surface area contributed by atoms with Crippen molar-refractivity contribution in [2.24, 2.45) is 0 Å². The highest BCUT2D eigenvalue weighted by atomic mass is 19.1. The van der Waals surface area contributed by atoms with Gasteiger partial charge in [-0.3, -0.25) is 4.79 Å². The predicted octanol–water partition coefficient (Wildman–Crippen LogP) is 2.78. The van der Waals surface area contributed by atoms with E-state index in [0.29, 0.717) is 10.8 Å². The van der Waals surface area contributed by atoms with Gasteiger partial charge >= 0.3 is 0 Å². The van der Waals surface area contributed by atoms with Crippen molar-refractivity contribution in [3.63, 3.8) is 0 Å². The van der Waals surface area contributed by atoms with E-state index in [4.69, 9.17) is 5.73 Å². The Morgan fingerprint density at radius 2 is 1.80 bits per heavy atom. The predicted molar refractivity (Wildman–Crippen MR) is 86.7 cm³/mol. The quantitative estimate of drug-likeness (QED) is 0.435. The number of hydrogen-bond acceptors (Lipinski definition) is 4. The third-order valence-corrected chi connectivity index (χ3v) is 3.72. The van der Waals surface area contributed by atoms with E-state index in [9.17, 15) is 23.9 Å². The molecule has 25 heavy (non-hydrogen) atoms. The van der Waals surface area contributed by atoms with E-state index in [2.05, 4.69) is 0 Å². The zero-order valence-electron chi connectivity index (χ0n) is 12.7. The second kappa shape index (κ2) is 6.20. The Bertz CT molecular complexity index is 990. The molecular weight excluding hydrogens is 330 g/mol. The minimum atomic E-state index is -1.03. The zero-order chi connectivity index (χ0) is 18.1. The van der Waals surface area contributed by atoms with E-state index >= 15 is 0 Å². The summed E-state index contributed by atoms with van der Waals surface area (Å²) in [5, 5.41) is 22.0. The monoisotopic (exact) mass is 342 g/mol. The first-order valence-corrected chi connectivity index (χ1v) is 7.20. The average Bonchev–Trinajstić information content (AvgIpc) is 2.56. The van der Waals surface area contributed by atoms with Crippen molar-refractivity contribution in [3.8, 4) is 17.0 Å². The number of aromatic hydroxyl groups is 1. The molecule has 126 valence electrons. The number of phenols is 1. The number of nitrogens with zero attached hydrogens (tertiary/aromatic N) is 1. The van der Waals surface area contributed by atoms with Crippen LogP contribution in [0.15, 0.2) is 54.7 Å². The number of halogens is 2. The van der Waals surface area contributed by atoms with Gasteiger partial charge in [0.15, 0.2) is 12.0 Å². The maximum absolute atomic E-state index is 13.9. The number of pyridine rings is 1. The van der Waals surface area contributed by atoms with Gasteiger partial charge in [-0.25, -0.2) is 8.78 Å². The van der Waals surface area contributed by atoms with Crippen molar-refractivity contribution >= 4 is 11.5 Å². The lowest BCUT2D eigenvalue weighted by Crippen LogP contribution is -2.31. The summed E-state index contributed by atoms with van der Waals surface area (Å²) in [7, 11) is 0. The molecular formula is C18H12F2N2O3. The molecule has 0 bridgehead atoms. The first-order chi connectivity index (χ1) is 11.9. The van der Waals surface area contributed by atoms with Gasteiger partial charge in [0.05, 0.1) is 16.7 Å². The van der Waals surface area contributed by atoms with Crippen molar-refractivity contribution in [1.29, 1.82) is 0 Å². The Morgan fingerprint density at radius 1 is 1.08 bits per heavy atom. The summed E-state index contributed by atoms with van der Waals surface area (Å²) in [6.07, 6.45) is 1.03. The van der Waals surface area contributed by atoms with Crippen LogP contribution >= 0.6 is 0 Å². The van der Waals surface area contributed by atoms with Gasteiger partial charge in [-0.15, -0.1) is 0 Å². The Labute approximate surface area is 141 Å². The minimum Gasteiger partial charge on any atom is -0.618 e. The molecule has 3 rings (SSSR count). The number of benzene rings is 2.